The van der Waals surface area contributed by atoms with Gasteiger partial charge < -0.3 is 4.74 Å². The van der Waals surface area contributed by atoms with Gasteiger partial charge >= 0.3 is 5.97 Å². The molecule has 1 N–H and O–H groups in total. The van der Waals surface area contributed by atoms with Gasteiger partial charge in [-0.3, -0.25) is 0 Å². The summed E-state index contributed by atoms with van der Waals surface area (Å²) in [5.41, 5.74) is 0.836. The number of carbonyl (C=O) groups excluding carboxylic acids is 1. The van der Waals surface area contributed by atoms with Crippen LogP contribution in [-0.2, 0) is 14.8 Å². The fraction of sp³-hybridized carbons (Fsp3) is 0.188. The van der Waals surface area contributed by atoms with E-state index < -0.39 is 22.0 Å². The molecule has 0 amide bonds. The first-order valence-electron chi connectivity index (χ1n) is 6.80. The zero-order chi connectivity index (χ0) is 17.0. The van der Waals surface area contributed by atoms with Gasteiger partial charge in [0.1, 0.15) is 0 Å². The van der Waals surface area contributed by atoms with Crippen LogP contribution in [0.3, 0.4) is 0 Å². The maximum atomic E-state index is 12.5. The molecule has 2 aromatic carbocycles. The summed E-state index contributed by atoms with van der Waals surface area (Å²) in [5.74, 6) is -0.596. The Labute approximate surface area is 140 Å². The Hall–Kier alpha value is -1.89. The molecule has 0 aliphatic heterocycles. The van der Waals surface area contributed by atoms with Crippen molar-refractivity contribution in [2.75, 3.05) is 7.11 Å². The normalized spacial score (nSPS) is 12.7. The lowest BCUT2D eigenvalue weighted by Crippen LogP contribution is -2.27. The van der Waals surface area contributed by atoms with Crippen molar-refractivity contribution < 1.29 is 17.9 Å². The lowest BCUT2D eigenvalue weighted by molar-refractivity contribution is 0.0600. The Morgan fingerprint density at radius 2 is 1.87 bits per heavy atom. The second-order valence-corrected chi connectivity index (χ2v) is 7.01. The highest BCUT2D eigenvalue weighted by Crippen LogP contribution is 2.24. The highest BCUT2D eigenvalue weighted by atomic mass is 35.5. The predicted octanol–water partition coefficient (Wildman–Crippen LogP) is 3.17. The fourth-order valence-corrected chi connectivity index (χ4v) is 3.67. The predicted molar refractivity (Wildman–Crippen MR) is 88.0 cm³/mol. The van der Waals surface area contributed by atoms with Crippen LogP contribution in [0.15, 0.2) is 53.4 Å². The van der Waals surface area contributed by atoms with E-state index in [0.717, 1.165) is 0 Å². The van der Waals surface area contributed by atoms with Gasteiger partial charge in [0.2, 0.25) is 10.0 Å². The Morgan fingerprint density at radius 1 is 1.17 bits per heavy atom. The summed E-state index contributed by atoms with van der Waals surface area (Å²) in [5, 5.41) is 0.478. The average Bonchev–Trinajstić information content (AvgIpc) is 2.54. The van der Waals surface area contributed by atoms with Gasteiger partial charge in [-0.2, -0.15) is 0 Å². The van der Waals surface area contributed by atoms with E-state index >= 15 is 0 Å². The topological polar surface area (TPSA) is 72.5 Å². The summed E-state index contributed by atoms with van der Waals surface area (Å²) >= 11 is 6.08. The number of methoxy groups -OCH3 is 1. The van der Waals surface area contributed by atoms with E-state index in [4.69, 9.17) is 11.6 Å². The minimum Gasteiger partial charge on any atom is -0.465 e. The maximum absolute atomic E-state index is 12.5. The molecule has 7 heteroatoms. The molecule has 0 heterocycles. The Balaban J connectivity index is 2.29. The van der Waals surface area contributed by atoms with Gasteiger partial charge in [-0.15, -0.1) is 0 Å². The van der Waals surface area contributed by atoms with Crippen molar-refractivity contribution in [2.24, 2.45) is 0 Å². The molecule has 0 aliphatic rings. The van der Waals surface area contributed by atoms with Crippen molar-refractivity contribution >= 4 is 27.6 Å². The van der Waals surface area contributed by atoms with Crippen molar-refractivity contribution in [3.8, 4) is 0 Å². The molecule has 2 rings (SSSR count). The number of sulfonamides is 1. The van der Waals surface area contributed by atoms with Crippen LogP contribution < -0.4 is 4.72 Å². The summed E-state index contributed by atoms with van der Waals surface area (Å²) in [6, 6.07) is 12.1. The van der Waals surface area contributed by atoms with Crippen LogP contribution in [0, 0.1) is 0 Å². The number of carbonyl (C=O) groups is 1. The van der Waals surface area contributed by atoms with Gasteiger partial charge in [-0.05, 0) is 36.8 Å². The van der Waals surface area contributed by atoms with E-state index in [-0.39, 0.29) is 10.5 Å². The second kappa shape index (κ2) is 7.12. The quantitative estimate of drug-likeness (QED) is 0.838. The lowest BCUT2D eigenvalue weighted by atomic mass is 10.1. The number of halogens is 1. The minimum absolute atomic E-state index is 0.0145. The number of hydrogen-bond donors (Lipinski definition) is 1. The highest BCUT2D eigenvalue weighted by molar-refractivity contribution is 7.89. The summed E-state index contributed by atoms with van der Waals surface area (Å²) in [6.45, 7) is 1.70. The SMILES string of the molecule is COC(=O)c1cccc(S(=O)(=O)N[C@@H](C)c2ccccc2Cl)c1. The standard InChI is InChI=1S/C16H16ClNO4S/c1-11(14-8-3-4-9-15(14)17)18-23(20,21)13-7-5-6-12(10-13)16(19)22-2/h3-11,18H,1-2H3/t11-/m0/s1. The Kier molecular flexibility index (Phi) is 5.41. The van der Waals surface area contributed by atoms with Crippen molar-refractivity contribution in [3.63, 3.8) is 0 Å². The van der Waals surface area contributed by atoms with Crippen LogP contribution in [0.2, 0.25) is 5.02 Å². The summed E-state index contributed by atoms with van der Waals surface area (Å²) < 4.78 is 32.1. The molecule has 0 bridgehead atoms. The van der Waals surface area contributed by atoms with Crippen molar-refractivity contribution in [1.29, 1.82) is 0 Å². The van der Waals surface area contributed by atoms with Gasteiger partial charge in [-0.25, -0.2) is 17.9 Å². The maximum Gasteiger partial charge on any atom is 0.337 e. The molecule has 0 saturated heterocycles. The van der Waals surface area contributed by atoms with Crippen molar-refractivity contribution in [1.82, 2.24) is 4.72 Å². The van der Waals surface area contributed by atoms with Crippen LogP contribution in [0.4, 0.5) is 0 Å². The first-order chi connectivity index (χ1) is 10.8. The first-order valence-corrected chi connectivity index (χ1v) is 8.66. The van der Waals surface area contributed by atoms with Gasteiger partial charge in [0.05, 0.1) is 17.6 Å². The number of rotatable bonds is 5. The zero-order valence-electron chi connectivity index (χ0n) is 12.6. The Morgan fingerprint density at radius 3 is 2.52 bits per heavy atom. The van der Waals surface area contributed by atoms with Crippen LogP contribution >= 0.6 is 11.6 Å². The largest absolute Gasteiger partial charge is 0.465 e. The minimum atomic E-state index is -3.81. The summed E-state index contributed by atoms with van der Waals surface area (Å²) in [4.78, 5) is 11.5. The monoisotopic (exact) mass is 353 g/mol. The van der Waals surface area contributed by atoms with Crippen LogP contribution in [0.1, 0.15) is 28.9 Å². The van der Waals surface area contributed by atoms with Crippen molar-refractivity contribution in [3.05, 3.63) is 64.7 Å². The van der Waals surface area contributed by atoms with E-state index in [1.807, 2.05) is 0 Å². The van der Waals surface area contributed by atoms with Crippen molar-refractivity contribution in [2.45, 2.75) is 17.9 Å². The van der Waals surface area contributed by atoms with E-state index in [2.05, 4.69) is 9.46 Å². The summed E-state index contributed by atoms with van der Waals surface area (Å²) in [6.07, 6.45) is 0. The molecule has 1 atom stereocenters. The molecule has 0 unspecified atom stereocenters. The molecular formula is C16H16ClNO4S. The number of benzene rings is 2. The summed E-state index contributed by atoms with van der Waals surface area (Å²) in [7, 11) is -2.57. The van der Waals surface area contributed by atoms with Crippen LogP contribution in [0.25, 0.3) is 0 Å². The number of ether oxygens (including phenoxy) is 1. The number of esters is 1. The second-order valence-electron chi connectivity index (χ2n) is 4.88. The molecule has 0 spiro atoms. The third-order valence-corrected chi connectivity index (χ3v) is 5.15. The highest BCUT2D eigenvalue weighted by Gasteiger charge is 2.21. The molecule has 23 heavy (non-hydrogen) atoms. The molecule has 0 radical (unpaired) electrons. The molecule has 2 aromatic rings. The third-order valence-electron chi connectivity index (χ3n) is 3.27. The van der Waals surface area contributed by atoms with Crippen LogP contribution in [-0.4, -0.2) is 21.5 Å². The van der Waals surface area contributed by atoms with Gasteiger partial charge in [-0.1, -0.05) is 35.9 Å². The van der Waals surface area contributed by atoms with Gasteiger partial charge in [0, 0.05) is 11.1 Å². The Bertz CT molecular complexity index is 820. The van der Waals surface area contributed by atoms with Crippen LogP contribution in [0.5, 0.6) is 0 Å². The van der Waals surface area contributed by atoms with E-state index in [1.165, 1.54) is 31.4 Å². The number of hydrogen-bond acceptors (Lipinski definition) is 4. The van der Waals surface area contributed by atoms with E-state index in [0.29, 0.717) is 10.6 Å². The third kappa shape index (κ3) is 4.10. The molecule has 122 valence electrons. The lowest BCUT2D eigenvalue weighted by Gasteiger charge is -2.16. The zero-order valence-corrected chi connectivity index (χ0v) is 14.2. The van der Waals surface area contributed by atoms with E-state index in [9.17, 15) is 13.2 Å². The smallest absolute Gasteiger partial charge is 0.337 e. The molecule has 5 nitrogen and oxygen atoms in total. The van der Waals surface area contributed by atoms with Gasteiger partial charge in [0.25, 0.3) is 0 Å². The number of nitrogens with one attached hydrogen (secondary N) is 1. The molecule has 0 saturated carbocycles. The van der Waals surface area contributed by atoms with Gasteiger partial charge in [0.15, 0.2) is 0 Å². The fourth-order valence-electron chi connectivity index (χ4n) is 2.10. The molecule has 0 aromatic heterocycles. The molecule has 0 aliphatic carbocycles. The average molecular weight is 354 g/mol. The first kappa shape index (κ1) is 17.5. The molecular weight excluding hydrogens is 338 g/mol. The van der Waals surface area contributed by atoms with E-state index in [1.54, 1.807) is 31.2 Å². The molecule has 0 fully saturated rings.